The molecule has 1 aromatic heterocycles. The number of piperidine rings is 1. The molecule has 3 rings (SSSR count). The lowest BCUT2D eigenvalue weighted by atomic mass is 10.0. The van der Waals surface area contributed by atoms with E-state index in [0.717, 1.165) is 12.8 Å². The third-order valence-electron chi connectivity index (χ3n) is 4.33. The molecule has 1 aromatic carbocycles. The molecule has 1 fully saturated rings. The van der Waals surface area contributed by atoms with Gasteiger partial charge in [-0.3, -0.25) is 24.3 Å². The molecule has 0 saturated carbocycles. The number of rotatable bonds is 3. The molecule has 0 aliphatic carbocycles. The zero-order chi connectivity index (χ0) is 17.3. The van der Waals surface area contributed by atoms with E-state index in [2.05, 4.69) is 11.9 Å². The molecular formula is C16H18N4O4. The van der Waals surface area contributed by atoms with Crippen molar-refractivity contribution in [3.05, 3.63) is 45.0 Å². The Bertz CT molecular complexity index is 861. The van der Waals surface area contributed by atoms with Crippen molar-refractivity contribution in [2.24, 2.45) is 5.92 Å². The molecule has 0 radical (unpaired) electrons. The molecule has 0 unspecified atom stereocenters. The molecule has 8 nitrogen and oxygen atoms in total. The van der Waals surface area contributed by atoms with Gasteiger partial charge in [0.1, 0.15) is 6.54 Å². The molecule has 1 saturated heterocycles. The number of likely N-dealkylation sites (tertiary alicyclic amines) is 1. The van der Waals surface area contributed by atoms with Gasteiger partial charge in [0.05, 0.1) is 22.2 Å². The fourth-order valence-corrected chi connectivity index (χ4v) is 3.03. The SMILES string of the molecule is C[C@H]1CCCN(C(=O)Cn2cnc3ccc([N+](=O)[O-])cc3c2=O)C1. The van der Waals surface area contributed by atoms with Crippen LogP contribution in [0, 0.1) is 16.0 Å². The summed E-state index contributed by atoms with van der Waals surface area (Å²) in [5, 5.41) is 11.0. The van der Waals surface area contributed by atoms with Crippen LogP contribution < -0.4 is 5.56 Å². The summed E-state index contributed by atoms with van der Waals surface area (Å²) in [6.07, 6.45) is 3.39. The van der Waals surface area contributed by atoms with Gasteiger partial charge in [-0.25, -0.2) is 4.98 Å². The van der Waals surface area contributed by atoms with Crippen molar-refractivity contribution in [1.29, 1.82) is 0 Å². The number of hydrogen-bond donors (Lipinski definition) is 0. The number of aromatic nitrogens is 2. The van der Waals surface area contributed by atoms with Crippen LogP contribution in [0.4, 0.5) is 5.69 Å². The van der Waals surface area contributed by atoms with E-state index in [0.29, 0.717) is 24.5 Å². The Kier molecular flexibility index (Phi) is 4.28. The minimum atomic E-state index is -0.559. The van der Waals surface area contributed by atoms with Crippen LogP contribution in [-0.2, 0) is 11.3 Å². The summed E-state index contributed by atoms with van der Waals surface area (Å²) in [5.74, 6) is 0.326. The number of nitro benzene ring substituents is 1. The van der Waals surface area contributed by atoms with Gasteiger partial charge < -0.3 is 4.90 Å². The lowest BCUT2D eigenvalue weighted by Gasteiger charge is -2.31. The second-order valence-corrected chi connectivity index (χ2v) is 6.22. The van der Waals surface area contributed by atoms with Crippen molar-refractivity contribution < 1.29 is 9.72 Å². The summed E-state index contributed by atoms with van der Waals surface area (Å²) in [6, 6.07) is 3.95. The highest BCUT2D eigenvalue weighted by Gasteiger charge is 2.21. The van der Waals surface area contributed by atoms with Gasteiger partial charge in [-0.1, -0.05) is 6.92 Å². The average molecular weight is 330 g/mol. The molecule has 2 aromatic rings. The first-order valence-corrected chi connectivity index (χ1v) is 7.87. The normalized spacial score (nSPS) is 17.9. The van der Waals surface area contributed by atoms with E-state index >= 15 is 0 Å². The van der Waals surface area contributed by atoms with Crippen molar-refractivity contribution in [1.82, 2.24) is 14.5 Å². The maximum Gasteiger partial charge on any atom is 0.270 e. The molecule has 126 valence electrons. The zero-order valence-electron chi connectivity index (χ0n) is 13.3. The highest BCUT2D eigenvalue weighted by atomic mass is 16.6. The molecule has 0 spiro atoms. The molecule has 24 heavy (non-hydrogen) atoms. The van der Waals surface area contributed by atoms with E-state index in [4.69, 9.17) is 0 Å². The van der Waals surface area contributed by atoms with Crippen molar-refractivity contribution in [3.63, 3.8) is 0 Å². The molecule has 1 atom stereocenters. The van der Waals surface area contributed by atoms with Crippen molar-refractivity contribution in [3.8, 4) is 0 Å². The summed E-state index contributed by atoms with van der Waals surface area (Å²) >= 11 is 0. The first kappa shape index (κ1) is 16.1. The third kappa shape index (κ3) is 3.12. The van der Waals surface area contributed by atoms with Crippen LogP contribution in [0.2, 0.25) is 0 Å². The van der Waals surface area contributed by atoms with E-state index in [1.54, 1.807) is 4.90 Å². The van der Waals surface area contributed by atoms with Gasteiger partial charge in [-0.2, -0.15) is 0 Å². The number of hydrogen-bond acceptors (Lipinski definition) is 5. The Morgan fingerprint density at radius 2 is 2.25 bits per heavy atom. The second-order valence-electron chi connectivity index (χ2n) is 6.22. The lowest BCUT2D eigenvalue weighted by molar-refractivity contribution is -0.384. The Labute approximate surface area is 137 Å². The van der Waals surface area contributed by atoms with E-state index in [1.807, 2.05) is 0 Å². The number of benzene rings is 1. The smallest absolute Gasteiger partial charge is 0.270 e. The Morgan fingerprint density at radius 1 is 1.46 bits per heavy atom. The topological polar surface area (TPSA) is 98.3 Å². The number of non-ortho nitro benzene ring substituents is 1. The Balaban J connectivity index is 1.89. The standard InChI is InChI=1S/C16H18N4O4/c1-11-3-2-6-18(8-11)15(21)9-19-10-17-14-5-4-12(20(23)24)7-13(14)16(19)22/h4-5,7,10-11H,2-3,6,8-9H2,1H3/t11-/m0/s1. The highest BCUT2D eigenvalue weighted by molar-refractivity contribution is 5.81. The van der Waals surface area contributed by atoms with Crippen LogP contribution in [0.3, 0.4) is 0 Å². The van der Waals surface area contributed by atoms with Gasteiger partial charge >= 0.3 is 0 Å². The van der Waals surface area contributed by atoms with Gasteiger partial charge in [-0.15, -0.1) is 0 Å². The first-order valence-electron chi connectivity index (χ1n) is 7.87. The van der Waals surface area contributed by atoms with Crippen LogP contribution in [0.15, 0.2) is 29.3 Å². The van der Waals surface area contributed by atoms with Gasteiger partial charge in [-0.05, 0) is 24.8 Å². The largest absolute Gasteiger partial charge is 0.341 e. The van der Waals surface area contributed by atoms with E-state index in [-0.39, 0.29) is 23.5 Å². The molecule has 1 aliphatic heterocycles. The van der Waals surface area contributed by atoms with Crippen molar-refractivity contribution >= 4 is 22.5 Å². The third-order valence-corrected chi connectivity index (χ3v) is 4.33. The molecule has 0 N–H and O–H groups in total. The van der Waals surface area contributed by atoms with E-state index in [9.17, 15) is 19.7 Å². The fraction of sp³-hybridized carbons (Fsp3) is 0.438. The summed E-state index contributed by atoms with van der Waals surface area (Å²) < 4.78 is 1.22. The number of carbonyl (C=O) groups excluding carboxylic acids is 1. The Morgan fingerprint density at radius 3 is 2.96 bits per heavy atom. The number of carbonyl (C=O) groups is 1. The summed E-state index contributed by atoms with van der Waals surface area (Å²) in [4.78, 5) is 41.1. The molecule has 8 heteroatoms. The van der Waals surface area contributed by atoms with Crippen LogP contribution in [0.1, 0.15) is 19.8 Å². The van der Waals surface area contributed by atoms with E-state index in [1.165, 1.54) is 29.1 Å². The minimum absolute atomic E-state index is 0.100. The Hall–Kier alpha value is -2.77. The maximum absolute atomic E-state index is 12.5. The predicted octanol–water partition coefficient (Wildman–Crippen LogP) is 1.56. The molecule has 0 bridgehead atoms. The monoisotopic (exact) mass is 330 g/mol. The molecule has 1 amide bonds. The van der Waals surface area contributed by atoms with Crippen molar-refractivity contribution in [2.75, 3.05) is 13.1 Å². The van der Waals surface area contributed by atoms with Crippen LogP contribution >= 0.6 is 0 Å². The second kappa shape index (κ2) is 6.38. The summed E-state index contributed by atoms with van der Waals surface area (Å²) in [5.41, 5.74) is -0.238. The zero-order valence-corrected chi connectivity index (χ0v) is 13.3. The van der Waals surface area contributed by atoms with Crippen LogP contribution in [-0.4, -0.2) is 38.4 Å². The maximum atomic E-state index is 12.5. The predicted molar refractivity (Wildman–Crippen MR) is 87.6 cm³/mol. The van der Waals surface area contributed by atoms with Gasteiger partial charge in [0.15, 0.2) is 0 Å². The van der Waals surface area contributed by atoms with Gasteiger partial charge in [0, 0.05) is 25.2 Å². The number of fused-ring (bicyclic) bond motifs is 1. The lowest BCUT2D eigenvalue weighted by Crippen LogP contribution is -2.42. The van der Waals surface area contributed by atoms with Gasteiger partial charge in [0.25, 0.3) is 11.2 Å². The van der Waals surface area contributed by atoms with Crippen molar-refractivity contribution in [2.45, 2.75) is 26.3 Å². The number of nitro groups is 1. The number of nitrogens with zero attached hydrogens (tertiary/aromatic N) is 4. The van der Waals surface area contributed by atoms with Gasteiger partial charge in [0.2, 0.25) is 5.91 Å². The average Bonchev–Trinajstić information content (AvgIpc) is 2.57. The fourth-order valence-electron chi connectivity index (χ4n) is 3.03. The summed E-state index contributed by atoms with van der Waals surface area (Å²) in [7, 11) is 0. The quantitative estimate of drug-likeness (QED) is 0.628. The van der Waals surface area contributed by atoms with Crippen LogP contribution in [0.25, 0.3) is 10.9 Å². The molecule has 1 aliphatic rings. The highest BCUT2D eigenvalue weighted by Crippen LogP contribution is 2.17. The molecule has 2 heterocycles. The summed E-state index contributed by atoms with van der Waals surface area (Å²) in [6.45, 7) is 3.39. The molecular weight excluding hydrogens is 312 g/mol. The first-order chi connectivity index (χ1) is 11.5. The minimum Gasteiger partial charge on any atom is -0.341 e. The number of amides is 1. The van der Waals surface area contributed by atoms with Crippen LogP contribution in [0.5, 0.6) is 0 Å². The van der Waals surface area contributed by atoms with E-state index < -0.39 is 10.5 Å².